The van der Waals surface area contributed by atoms with Crippen molar-refractivity contribution in [1.29, 1.82) is 0 Å². The van der Waals surface area contributed by atoms with Crippen molar-refractivity contribution in [2.75, 3.05) is 0 Å². The zero-order chi connectivity index (χ0) is 17.6. The molecule has 25 heavy (non-hydrogen) atoms. The molecule has 0 spiro atoms. The summed E-state index contributed by atoms with van der Waals surface area (Å²) in [6.07, 6.45) is 5.59. The SMILES string of the molecule is O=C(O)c1ccc(C2=C(/C=N/c3ccccc3)CCC/C2=C\O)cc1. The van der Waals surface area contributed by atoms with Crippen LogP contribution >= 0.6 is 0 Å². The molecule has 0 saturated heterocycles. The second-order valence-electron chi connectivity index (χ2n) is 5.88. The van der Waals surface area contributed by atoms with Gasteiger partial charge in [0.2, 0.25) is 0 Å². The topological polar surface area (TPSA) is 69.9 Å². The van der Waals surface area contributed by atoms with Crippen molar-refractivity contribution in [2.45, 2.75) is 19.3 Å². The Kier molecular flexibility index (Phi) is 5.09. The van der Waals surface area contributed by atoms with E-state index in [1.807, 2.05) is 36.5 Å². The summed E-state index contributed by atoms with van der Waals surface area (Å²) in [6.45, 7) is 0. The summed E-state index contributed by atoms with van der Waals surface area (Å²) in [7, 11) is 0. The lowest BCUT2D eigenvalue weighted by atomic mass is 9.84. The second kappa shape index (κ2) is 7.62. The third-order valence-corrected chi connectivity index (χ3v) is 4.24. The summed E-state index contributed by atoms with van der Waals surface area (Å²) >= 11 is 0. The van der Waals surface area contributed by atoms with Crippen LogP contribution in [0.2, 0.25) is 0 Å². The molecule has 0 atom stereocenters. The van der Waals surface area contributed by atoms with Gasteiger partial charge in [-0.25, -0.2) is 4.79 Å². The molecule has 0 amide bonds. The minimum atomic E-state index is -0.951. The Bertz CT molecular complexity index is 846. The Hall–Kier alpha value is -3.14. The summed E-state index contributed by atoms with van der Waals surface area (Å²) in [5.74, 6) is -0.951. The number of carboxylic acids is 1. The van der Waals surface area contributed by atoms with E-state index in [0.29, 0.717) is 0 Å². The molecule has 2 N–H and O–H groups in total. The number of aromatic carboxylic acids is 1. The van der Waals surface area contributed by atoms with Crippen LogP contribution < -0.4 is 0 Å². The fourth-order valence-corrected chi connectivity index (χ4v) is 3.00. The molecule has 0 unspecified atom stereocenters. The zero-order valence-corrected chi connectivity index (χ0v) is 13.7. The monoisotopic (exact) mass is 333 g/mol. The molecule has 0 aromatic heterocycles. The molecule has 1 aliphatic carbocycles. The van der Waals surface area contributed by atoms with Crippen LogP contribution in [0.15, 0.2) is 77.0 Å². The molecule has 0 radical (unpaired) electrons. The number of aliphatic hydroxyl groups is 1. The first kappa shape index (κ1) is 16.7. The van der Waals surface area contributed by atoms with E-state index in [2.05, 4.69) is 4.99 Å². The number of aliphatic hydroxyl groups excluding tert-OH is 1. The number of benzene rings is 2. The van der Waals surface area contributed by atoms with Crippen LogP contribution in [0.25, 0.3) is 5.57 Å². The highest BCUT2D eigenvalue weighted by Gasteiger charge is 2.18. The van der Waals surface area contributed by atoms with E-state index in [9.17, 15) is 9.90 Å². The van der Waals surface area contributed by atoms with Gasteiger partial charge in [0.25, 0.3) is 0 Å². The van der Waals surface area contributed by atoms with Crippen LogP contribution in [0.4, 0.5) is 5.69 Å². The molecule has 0 saturated carbocycles. The summed E-state index contributed by atoms with van der Waals surface area (Å²) in [5.41, 5.74) is 4.83. The number of nitrogens with zero attached hydrogens (tertiary/aromatic N) is 1. The second-order valence-corrected chi connectivity index (χ2v) is 5.88. The predicted octanol–water partition coefficient (Wildman–Crippen LogP) is 5.17. The molecule has 0 aliphatic heterocycles. The number of aliphatic imine (C=N–C) groups is 1. The van der Waals surface area contributed by atoms with E-state index in [-0.39, 0.29) is 5.56 Å². The van der Waals surface area contributed by atoms with Gasteiger partial charge < -0.3 is 10.2 Å². The summed E-state index contributed by atoms with van der Waals surface area (Å²) in [6, 6.07) is 16.4. The number of carbonyl (C=O) groups is 1. The molecule has 0 heterocycles. The maximum atomic E-state index is 11.0. The van der Waals surface area contributed by atoms with Crippen molar-refractivity contribution in [3.8, 4) is 0 Å². The lowest BCUT2D eigenvalue weighted by Gasteiger charge is -2.21. The van der Waals surface area contributed by atoms with Crippen LogP contribution in [0, 0.1) is 0 Å². The predicted molar refractivity (Wildman–Crippen MR) is 99.5 cm³/mol. The molecule has 0 bridgehead atoms. The Labute approximate surface area is 146 Å². The van der Waals surface area contributed by atoms with Gasteiger partial charge in [-0.05, 0) is 65.8 Å². The first-order valence-electron chi connectivity index (χ1n) is 8.18. The lowest BCUT2D eigenvalue weighted by molar-refractivity contribution is 0.0697. The Morgan fingerprint density at radius 1 is 1.00 bits per heavy atom. The summed E-state index contributed by atoms with van der Waals surface area (Å²) in [5, 5.41) is 18.7. The van der Waals surface area contributed by atoms with E-state index in [1.165, 1.54) is 0 Å². The Morgan fingerprint density at radius 2 is 1.72 bits per heavy atom. The van der Waals surface area contributed by atoms with Crippen molar-refractivity contribution >= 4 is 23.4 Å². The van der Waals surface area contributed by atoms with Crippen LogP contribution in [0.3, 0.4) is 0 Å². The molecule has 3 rings (SSSR count). The molecule has 2 aromatic carbocycles. The molecule has 4 nitrogen and oxygen atoms in total. The van der Waals surface area contributed by atoms with Gasteiger partial charge in [-0.15, -0.1) is 0 Å². The summed E-state index contributed by atoms with van der Waals surface area (Å²) < 4.78 is 0. The van der Waals surface area contributed by atoms with Gasteiger partial charge in [0.05, 0.1) is 17.5 Å². The maximum absolute atomic E-state index is 11.0. The van der Waals surface area contributed by atoms with E-state index < -0.39 is 5.97 Å². The standard InChI is InChI=1S/C21H19NO3/c23-14-18-6-4-5-17(13-22-19-7-2-1-3-8-19)20(18)15-9-11-16(12-10-15)21(24)25/h1-3,7-14,23H,4-6H2,(H,24,25)/b18-14+,22-13+. The van der Waals surface area contributed by atoms with Gasteiger partial charge in [0, 0.05) is 6.21 Å². The van der Waals surface area contributed by atoms with Crippen LogP contribution in [-0.4, -0.2) is 22.4 Å². The molecular weight excluding hydrogens is 314 g/mol. The Balaban J connectivity index is 2.03. The molecule has 1 aliphatic rings. The van der Waals surface area contributed by atoms with Crippen LogP contribution in [0.5, 0.6) is 0 Å². The zero-order valence-electron chi connectivity index (χ0n) is 13.7. The van der Waals surface area contributed by atoms with Crippen molar-refractivity contribution in [1.82, 2.24) is 0 Å². The first-order valence-corrected chi connectivity index (χ1v) is 8.18. The van der Waals surface area contributed by atoms with Gasteiger partial charge in [0.1, 0.15) is 0 Å². The largest absolute Gasteiger partial charge is 0.515 e. The molecule has 0 fully saturated rings. The number of hydrogen-bond acceptors (Lipinski definition) is 3. The fourth-order valence-electron chi connectivity index (χ4n) is 3.00. The van der Waals surface area contributed by atoms with Crippen molar-refractivity contribution in [2.24, 2.45) is 4.99 Å². The first-order chi connectivity index (χ1) is 12.2. The summed E-state index contributed by atoms with van der Waals surface area (Å²) in [4.78, 5) is 15.6. The number of hydrogen-bond donors (Lipinski definition) is 2. The van der Waals surface area contributed by atoms with E-state index in [0.717, 1.165) is 53.5 Å². The van der Waals surface area contributed by atoms with Crippen LogP contribution in [-0.2, 0) is 0 Å². The van der Waals surface area contributed by atoms with Gasteiger partial charge in [-0.2, -0.15) is 0 Å². The van der Waals surface area contributed by atoms with E-state index in [1.54, 1.807) is 24.3 Å². The van der Waals surface area contributed by atoms with Gasteiger partial charge in [0.15, 0.2) is 0 Å². The van der Waals surface area contributed by atoms with E-state index in [4.69, 9.17) is 5.11 Å². The smallest absolute Gasteiger partial charge is 0.335 e. The molecule has 4 heteroatoms. The molecular formula is C21H19NO3. The minimum Gasteiger partial charge on any atom is -0.515 e. The highest BCUT2D eigenvalue weighted by Crippen LogP contribution is 2.36. The van der Waals surface area contributed by atoms with E-state index >= 15 is 0 Å². The highest BCUT2D eigenvalue weighted by atomic mass is 16.4. The molecule has 126 valence electrons. The maximum Gasteiger partial charge on any atom is 0.335 e. The lowest BCUT2D eigenvalue weighted by Crippen LogP contribution is -2.05. The number of para-hydroxylation sites is 1. The quantitative estimate of drug-likeness (QED) is 0.599. The molecule has 2 aromatic rings. The average Bonchev–Trinajstić information content (AvgIpc) is 2.67. The van der Waals surface area contributed by atoms with Crippen molar-refractivity contribution in [3.63, 3.8) is 0 Å². The average molecular weight is 333 g/mol. The third-order valence-electron chi connectivity index (χ3n) is 4.24. The number of carboxylic acid groups (broad SMARTS) is 1. The number of rotatable bonds is 4. The van der Waals surface area contributed by atoms with Gasteiger partial charge in [-0.3, -0.25) is 4.99 Å². The van der Waals surface area contributed by atoms with Crippen LogP contribution in [0.1, 0.15) is 35.2 Å². The Morgan fingerprint density at radius 3 is 2.36 bits per heavy atom. The van der Waals surface area contributed by atoms with Gasteiger partial charge >= 0.3 is 5.97 Å². The highest BCUT2D eigenvalue weighted by molar-refractivity contribution is 5.98. The normalized spacial score (nSPS) is 16.6. The number of allylic oxidation sites excluding steroid dienone is 3. The van der Waals surface area contributed by atoms with Crippen molar-refractivity contribution in [3.05, 3.63) is 83.1 Å². The third kappa shape index (κ3) is 3.86. The minimum absolute atomic E-state index is 0.245. The fraction of sp³-hybridized carbons (Fsp3) is 0.143. The van der Waals surface area contributed by atoms with Crippen molar-refractivity contribution < 1.29 is 15.0 Å². The van der Waals surface area contributed by atoms with Gasteiger partial charge in [-0.1, -0.05) is 30.3 Å².